The van der Waals surface area contributed by atoms with Crippen LogP contribution < -0.4 is 5.32 Å². The van der Waals surface area contributed by atoms with Gasteiger partial charge < -0.3 is 14.6 Å². The van der Waals surface area contributed by atoms with Crippen molar-refractivity contribution in [2.45, 2.75) is 32.6 Å². The summed E-state index contributed by atoms with van der Waals surface area (Å²) in [4.78, 5) is 26.7. The van der Waals surface area contributed by atoms with Gasteiger partial charge in [0.05, 0.1) is 17.7 Å². The normalized spacial score (nSPS) is 17.6. The first-order chi connectivity index (χ1) is 12.0. The number of likely N-dealkylation sites (tertiary alicyclic amines) is 1. The molecule has 1 aliphatic rings. The molecule has 2 heterocycles. The summed E-state index contributed by atoms with van der Waals surface area (Å²) in [5.41, 5.74) is 2.57. The van der Waals surface area contributed by atoms with Crippen molar-refractivity contribution in [3.8, 4) is 0 Å². The van der Waals surface area contributed by atoms with E-state index in [1.807, 2.05) is 24.3 Å². The second kappa shape index (κ2) is 7.55. The molecule has 1 atom stereocenters. The number of benzene rings is 1. The van der Waals surface area contributed by atoms with Crippen LogP contribution in [0, 0.1) is 5.92 Å². The van der Waals surface area contributed by atoms with Crippen LogP contribution in [0.3, 0.4) is 0 Å². The summed E-state index contributed by atoms with van der Waals surface area (Å²) >= 11 is 0. The first-order valence-electron chi connectivity index (χ1n) is 8.77. The van der Waals surface area contributed by atoms with Crippen LogP contribution in [0.5, 0.6) is 0 Å². The maximum atomic E-state index is 12.6. The van der Waals surface area contributed by atoms with Gasteiger partial charge >= 0.3 is 0 Å². The summed E-state index contributed by atoms with van der Waals surface area (Å²) in [6.45, 7) is 5.40. The van der Waals surface area contributed by atoms with Crippen LogP contribution in [0.15, 0.2) is 47.3 Å². The number of anilines is 1. The number of furan rings is 1. The van der Waals surface area contributed by atoms with Crippen molar-refractivity contribution in [3.63, 3.8) is 0 Å². The Morgan fingerprint density at radius 2 is 1.96 bits per heavy atom. The van der Waals surface area contributed by atoms with E-state index in [0.717, 1.165) is 18.5 Å². The summed E-state index contributed by atoms with van der Waals surface area (Å²) in [5.74, 6) is 0.175. The number of rotatable bonds is 4. The molecular weight excluding hydrogens is 316 g/mol. The first-order valence-corrected chi connectivity index (χ1v) is 8.77. The van der Waals surface area contributed by atoms with Gasteiger partial charge in [-0.2, -0.15) is 0 Å². The molecule has 1 N–H and O–H groups in total. The van der Waals surface area contributed by atoms with Crippen LogP contribution in [0.4, 0.5) is 5.69 Å². The summed E-state index contributed by atoms with van der Waals surface area (Å²) in [6, 6.07) is 9.60. The lowest BCUT2D eigenvalue weighted by atomic mass is 9.96. The van der Waals surface area contributed by atoms with E-state index in [1.165, 1.54) is 18.1 Å². The molecule has 0 spiro atoms. The van der Waals surface area contributed by atoms with Crippen molar-refractivity contribution in [2.75, 3.05) is 18.4 Å². The number of hydrogen-bond acceptors (Lipinski definition) is 3. The number of carbonyl (C=O) groups excluding carboxylic acids is 2. The molecule has 1 saturated heterocycles. The van der Waals surface area contributed by atoms with Gasteiger partial charge in [-0.25, -0.2) is 0 Å². The number of hydrogen-bond donors (Lipinski definition) is 1. The molecule has 1 fully saturated rings. The van der Waals surface area contributed by atoms with E-state index in [9.17, 15) is 9.59 Å². The number of nitrogens with one attached hydrogen (secondary N) is 1. The van der Waals surface area contributed by atoms with Crippen molar-refractivity contribution in [1.82, 2.24) is 4.90 Å². The van der Waals surface area contributed by atoms with Crippen LogP contribution in [0.25, 0.3) is 0 Å². The fourth-order valence-corrected chi connectivity index (χ4v) is 3.14. The standard InChI is InChI=1S/C20H24N2O3/c1-14(2)15-5-7-18(8-6-15)21-19(23)16-4-3-10-22(12-16)20(24)17-9-11-25-13-17/h5-9,11,13-14,16H,3-4,10,12H2,1-2H3,(H,21,23). The second-order valence-corrected chi connectivity index (χ2v) is 6.87. The summed E-state index contributed by atoms with van der Waals surface area (Å²) in [7, 11) is 0. The monoisotopic (exact) mass is 340 g/mol. The molecule has 2 amide bonds. The van der Waals surface area contributed by atoms with E-state index in [0.29, 0.717) is 24.6 Å². The highest BCUT2D eigenvalue weighted by atomic mass is 16.3. The zero-order chi connectivity index (χ0) is 17.8. The SMILES string of the molecule is CC(C)c1ccc(NC(=O)C2CCCN(C(=O)c3ccoc3)C2)cc1. The van der Waals surface area contributed by atoms with E-state index < -0.39 is 0 Å². The Hall–Kier alpha value is -2.56. The van der Waals surface area contributed by atoms with Crippen molar-refractivity contribution in [2.24, 2.45) is 5.92 Å². The fourth-order valence-electron chi connectivity index (χ4n) is 3.14. The molecule has 3 rings (SSSR count). The lowest BCUT2D eigenvalue weighted by Crippen LogP contribution is -2.43. The second-order valence-electron chi connectivity index (χ2n) is 6.87. The molecule has 25 heavy (non-hydrogen) atoms. The molecule has 1 aromatic heterocycles. The van der Waals surface area contributed by atoms with E-state index in [1.54, 1.807) is 11.0 Å². The van der Waals surface area contributed by atoms with Crippen LogP contribution >= 0.6 is 0 Å². The topological polar surface area (TPSA) is 62.6 Å². The molecule has 5 nitrogen and oxygen atoms in total. The maximum Gasteiger partial charge on any atom is 0.257 e. The number of carbonyl (C=O) groups is 2. The molecule has 1 aromatic carbocycles. The van der Waals surface area contributed by atoms with E-state index in [-0.39, 0.29) is 17.7 Å². The Morgan fingerprint density at radius 3 is 2.60 bits per heavy atom. The number of piperidine rings is 1. The molecule has 0 bridgehead atoms. The highest BCUT2D eigenvalue weighted by Crippen LogP contribution is 2.22. The van der Waals surface area contributed by atoms with Crippen LogP contribution in [0.1, 0.15) is 48.5 Å². The van der Waals surface area contributed by atoms with Gasteiger partial charge in [0.25, 0.3) is 5.91 Å². The minimum atomic E-state index is -0.186. The van der Waals surface area contributed by atoms with Gasteiger partial charge in [0.1, 0.15) is 6.26 Å². The Bertz CT molecular complexity index is 720. The highest BCUT2D eigenvalue weighted by molar-refractivity contribution is 5.96. The van der Waals surface area contributed by atoms with E-state index in [2.05, 4.69) is 19.2 Å². The Labute approximate surface area is 148 Å². The van der Waals surface area contributed by atoms with Crippen molar-refractivity contribution >= 4 is 17.5 Å². The van der Waals surface area contributed by atoms with Crippen molar-refractivity contribution in [3.05, 3.63) is 54.0 Å². The van der Waals surface area contributed by atoms with Crippen LogP contribution in [0.2, 0.25) is 0 Å². The molecule has 5 heteroatoms. The van der Waals surface area contributed by atoms with E-state index >= 15 is 0 Å². The third-order valence-electron chi connectivity index (χ3n) is 4.69. The third kappa shape index (κ3) is 4.10. The molecule has 0 saturated carbocycles. The zero-order valence-corrected chi connectivity index (χ0v) is 14.7. The number of amides is 2. The molecule has 0 radical (unpaired) electrons. The van der Waals surface area contributed by atoms with Gasteiger partial charge in [-0.3, -0.25) is 9.59 Å². The summed E-state index contributed by atoms with van der Waals surface area (Å²) in [5, 5.41) is 2.98. The van der Waals surface area contributed by atoms with Crippen molar-refractivity contribution in [1.29, 1.82) is 0 Å². The minimum Gasteiger partial charge on any atom is -0.472 e. The Balaban J connectivity index is 1.61. The lowest BCUT2D eigenvalue weighted by Gasteiger charge is -2.31. The van der Waals surface area contributed by atoms with Gasteiger partial charge in [0.15, 0.2) is 0 Å². The molecule has 132 valence electrons. The predicted octanol–water partition coefficient (Wildman–Crippen LogP) is 3.89. The van der Waals surface area contributed by atoms with Gasteiger partial charge in [-0.1, -0.05) is 26.0 Å². The predicted molar refractivity (Wildman–Crippen MR) is 96.5 cm³/mol. The third-order valence-corrected chi connectivity index (χ3v) is 4.69. The molecule has 0 aliphatic carbocycles. The molecule has 1 unspecified atom stereocenters. The Morgan fingerprint density at radius 1 is 1.20 bits per heavy atom. The van der Waals surface area contributed by atoms with Crippen LogP contribution in [-0.4, -0.2) is 29.8 Å². The number of nitrogens with zero attached hydrogens (tertiary/aromatic N) is 1. The van der Waals surface area contributed by atoms with Gasteiger partial charge in [0.2, 0.25) is 5.91 Å². The average molecular weight is 340 g/mol. The molecule has 2 aromatic rings. The fraction of sp³-hybridized carbons (Fsp3) is 0.400. The molecule has 1 aliphatic heterocycles. The highest BCUT2D eigenvalue weighted by Gasteiger charge is 2.29. The quantitative estimate of drug-likeness (QED) is 0.918. The van der Waals surface area contributed by atoms with Gasteiger partial charge in [-0.15, -0.1) is 0 Å². The molecular formula is C20H24N2O3. The lowest BCUT2D eigenvalue weighted by molar-refractivity contribution is -0.121. The summed E-state index contributed by atoms with van der Waals surface area (Å²) < 4.78 is 4.98. The first kappa shape index (κ1) is 17.3. The van der Waals surface area contributed by atoms with Crippen molar-refractivity contribution < 1.29 is 14.0 Å². The summed E-state index contributed by atoms with van der Waals surface area (Å²) in [6.07, 6.45) is 4.56. The van der Waals surface area contributed by atoms with Gasteiger partial charge in [-0.05, 0) is 42.5 Å². The largest absolute Gasteiger partial charge is 0.472 e. The Kier molecular flexibility index (Phi) is 5.22. The maximum absolute atomic E-state index is 12.6. The van der Waals surface area contributed by atoms with E-state index in [4.69, 9.17) is 4.42 Å². The smallest absolute Gasteiger partial charge is 0.257 e. The average Bonchev–Trinajstić information content (AvgIpc) is 3.16. The zero-order valence-electron chi connectivity index (χ0n) is 14.7. The van der Waals surface area contributed by atoms with Crippen LogP contribution in [-0.2, 0) is 4.79 Å². The van der Waals surface area contributed by atoms with Gasteiger partial charge in [0, 0.05) is 18.8 Å². The minimum absolute atomic E-state index is 0.0259.